The van der Waals surface area contributed by atoms with E-state index in [2.05, 4.69) is 21.1 Å². The van der Waals surface area contributed by atoms with Crippen LogP contribution in [0.15, 0.2) is 53.6 Å². The lowest BCUT2D eigenvalue weighted by molar-refractivity contribution is -0.108. The average molecular weight is 523 g/mol. The van der Waals surface area contributed by atoms with E-state index in [1.807, 2.05) is 35.9 Å². The van der Waals surface area contributed by atoms with Gasteiger partial charge in [0.1, 0.15) is 5.75 Å². The van der Waals surface area contributed by atoms with Gasteiger partial charge in [0, 0.05) is 12.7 Å². The van der Waals surface area contributed by atoms with E-state index in [4.69, 9.17) is 9.57 Å². The molecule has 0 bridgehead atoms. The molecule has 6 rings (SSSR count). The Kier molecular flexibility index (Phi) is 6.16. The molecule has 3 aliphatic rings. The summed E-state index contributed by atoms with van der Waals surface area (Å²) < 4.78 is 50.1. The van der Waals surface area contributed by atoms with Crippen LogP contribution in [0.5, 0.6) is 5.75 Å². The van der Waals surface area contributed by atoms with E-state index in [9.17, 15) is 13.2 Å². The summed E-state index contributed by atoms with van der Waals surface area (Å²) in [6.07, 6.45) is 10.7. The molecule has 9 heteroatoms. The maximum atomic E-state index is 14.4. The number of piperidine rings is 1. The largest absolute Gasteiger partial charge is 0.495 e. The number of ether oxygens (including phenoxy) is 1. The van der Waals surface area contributed by atoms with E-state index in [1.54, 1.807) is 13.4 Å². The number of methoxy groups -OCH3 is 1. The Bertz CT molecular complexity index is 1420. The zero-order chi connectivity index (χ0) is 26.4. The maximum absolute atomic E-state index is 14.4. The van der Waals surface area contributed by atoms with Gasteiger partial charge >= 0.3 is 0 Å². The minimum Gasteiger partial charge on any atom is -0.495 e. The number of hydrogen-bond acceptors (Lipinski definition) is 5. The van der Waals surface area contributed by atoms with E-state index >= 15 is 0 Å². The summed E-state index contributed by atoms with van der Waals surface area (Å²) >= 11 is 0. The molecule has 1 aromatic heterocycles. The lowest BCUT2D eigenvalue weighted by atomic mass is 9.83. The fraction of sp³-hybridized carbons (Fsp3) is 0.379. The number of nitrogens with zero attached hydrogens (tertiary/aromatic N) is 4. The molecular formula is C29H29F3N4O2. The molecule has 1 saturated carbocycles. The monoisotopic (exact) mass is 522 g/mol. The highest BCUT2D eigenvalue weighted by Gasteiger charge is 2.52. The summed E-state index contributed by atoms with van der Waals surface area (Å²) in [5, 5.41) is 4.58. The predicted octanol–water partition coefficient (Wildman–Crippen LogP) is 6.48. The molecule has 1 atom stereocenters. The summed E-state index contributed by atoms with van der Waals surface area (Å²) in [6.45, 7) is 2.59. The summed E-state index contributed by atoms with van der Waals surface area (Å²) in [7, 11) is 1.63. The summed E-state index contributed by atoms with van der Waals surface area (Å²) in [6, 6.07) is 7.69. The molecule has 2 aromatic carbocycles. The number of amidine groups is 1. The molecule has 1 saturated heterocycles. The lowest BCUT2D eigenvalue weighted by Gasteiger charge is -2.49. The zero-order valence-electron chi connectivity index (χ0n) is 21.4. The van der Waals surface area contributed by atoms with E-state index in [1.165, 1.54) is 0 Å². The van der Waals surface area contributed by atoms with Crippen LogP contribution in [-0.2, 0) is 4.84 Å². The third-order valence-corrected chi connectivity index (χ3v) is 7.83. The summed E-state index contributed by atoms with van der Waals surface area (Å²) in [5.74, 6) is -2.48. The molecule has 6 nitrogen and oxygen atoms in total. The van der Waals surface area contributed by atoms with Crippen molar-refractivity contribution >= 4 is 11.9 Å². The first-order valence-electron chi connectivity index (χ1n) is 13.0. The Labute approximate surface area is 219 Å². The van der Waals surface area contributed by atoms with Crippen LogP contribution < -0.4 is 4.74 Å². The molecule has 198 valence electrons. The fourth-order valence-corrected chi connectivity index (χ4v) is 6.12. The van der Waals surface area contributed by atoms with Crippen molar-refractivity contribution in [2.24, 2.45) is 5.16 Å². The minimum atomic E-state index is -1.46. The summed E-state index contributed by atoms with van der Waals surface area (Å²) in [4.78, 5) is 12.6. The molecule has 0 amide bonds. The number of oxime groups is 1. The predicted molar refractivity (Wildman–Crippen MR) is 138 cm³/mol. The van der Waals surface area contributed by atoms with Gasteiger partial charge in [-0.15, -0.1) is 0 Å². The Balaban J connectivity index is 1.39. The first kappa shape index (κ1) is 24.6. The van der Waals surface area contributed by atoms with Crippen LogP contribution in [0.4, 0.5) is 13.2 Å². The van der Waals surface area contributed by atoms with Crippen molar-refractivity contribution in [1.82, 2.24) is 14.5 Å². The van der Waals surface area contributed by atoms with Crippen molar-refractivity contribution in [3.05, 3.63) is 82.7 Å². The third-order valence-electron chi connectivity index (χ3n) is 7.83. The first-order valence-corrected chi connectivity index (χ1v) is 13.0. The van der Waals surface area contributed by atoms with Gasteiger partial charge in [-0.2, -0.15) is 0 Å². The van der Waals surface area contributed by atoms with Crippen LogP contribution >= 0.6 is 0 Å². The van der Waals surface area contributed by atoms with Gasteiger partial charge in [0.25, 0.3) is 0 Å². The molecule has 1 aliphatic carbocycles. The van der Waals surface area contributed by atoms with Crippen LogP contribution in [0.25, 0.3) is 11.8 Å². The van der Waals surface area contributed by atoms with Gasteiger partial charge in [-0.05, 0) is 92.5 Å². The fourth-order valence-electron chi connectivity index (χ4n) is 6.12. The molecule has 0 radical (unpaired) electrons. The summed E-state index contributed by atoms with van der Waals surface area (Å²) in [5.41, 5.74) is 3.35. The SMILES string of the molecule is COc1cc(C=C2CCCN3C2=NOC2(CCCC2)C3c2cc(F)c(F)c(F)c2)ccc1-n1cnc(C)c1. The smallest absolute Gasteiger partial charge is 0.194 e. The Morgan fingerprint density at radius 1 is 1.08 bits per heavy atom. The van der Waals surface area contributed by atoms with Crippen LogP contribution in [0.3, 0.4) is 0 Å². The molecule has 1 spiro atoms. The molecule has 1 unspecified atom stereocenters. The highest BCUT2D eigenvalue weighted by atomic mass is 19.2. The third kappa shape index (κ3) is 4.14. The highest BCUT2D eigenvalue weighted by Crippen LogP contribution is 2.50. The van der Waals surface area contributed by atoms with E-state index in [-0.39, 0.29) is 0 Å². The number of halogens is 3. The highest BCUT2D eigenvalue weighted by molar-refractivity contribution is 6.03. The standard InChI is InChI=1S/C29H29F3N4O2/c1-18-16-35(17-33-18)24-8-7-19(13-25(24)37-2)12-20-6-5-11-36-27(21-14-22(30)26(32)23(31)15-21)29(9-3-4-10-29)38-34-28(20)36/h7-8,12-17,27H,3-6,9-11H2,1-2H3. The van der Waals surface area contributed by atoms with Crippen molar-refractivity contribution in [2.75, 3.05) is 13.7 Å². The van der Waals surface area contributed by atoms with Gasteiger partial charge < -0.3 is 19.0 Å². The van der Waals surface area contributed by atoms with E-state index < -0.39 is 29.1 Å². The molecule has 38 heavy (non-hydrogen) atoms. The van der Waals surface area contributed by atoms with E-state index in [0.29, 0.717) is 23.7 Å². The molecule has 2 aliphatic heterocycles. The van der Waals surface area contributed by atoms with Gasteiger partial charge in [-0.1, -0.05) is 11.2 Å². The number of hydrogen-bond donors (Lipinski definition) is 0. The number of rotatable bonds is 4. The second-order valence-electron chi connectivity index (χ2n) is 10.3. The minimum absolute atomic E-state index is 0.374. The number of aryl methyl sites for hydroxylation is 1. The van der Waals surface area contributed by atoms with Gasteiger partial charge in [0.2, 0.25) is 0 Å². The number of fused-ring (bicyclic) bond motifs is 1. The first-order chi connectivity index (χ1) is 18.4. The maximum Gasteiger partial charge on any atom is 0.194 e. The number of benzene rings is 2. The topological polar surface area (TPSA) is 51.9 Å². The Morgan fingerprint density at radius 3 is 2.53 bits per heavy atom. The van der Waals surface area contributed by atoms with Crippen molar-refractivity contribution in [2.45, 2.75) is 57.1 Å². The van der Waals surface area contributed by atoms with Crippen LogP contribution in [0.1, 0.15) is 61.4 Å². The molecular weight excluding hydrogens is 493 g/mol. The molecule has 3 aromatic rings. The molecule has 2 fully saturated rings. The van der Waals surface area contributed by atoms with Gasteiger partial charge in [0.05, 0.1) is 30.9 Å². The second-order valence-corrected chi connectivity index (χ2v) is 10.3. The number of aromatic nitrogens is 2. The lowest BCUT2D eigenvalue weighted by Crippen LogP contribution is -2.54. The molecule has 3 heterocycles. The Hall–Kier alpha value is -3.75. The van der Waals surface area contributed by atoms with Gasteiger partial charge in [0.15, 0.2) is 28.9 Å². The average Bonchev–Trinajstić information content (AvgIpc) is 3.56. The van der Waals surface area contributed by atoms with Gasteiger partial charge in [-0.3, -0.25) is 0 Å². The van der Waals surface area contributed by atoms with Crippen molar-refractivity contribution in [1.29, 1.82) is 0 Å². The normalized spacial score (nSPS) is 21.4. The quantitative estimate of drug-likeness (QED) is 0.368. The second kappa shape index (κ2) is 9.53. The van der Waals surface area contributed by atoms with Crippen molar-refractivity contribution in [3.63, 3.8) is 0 Å². The zero-order valence-corrected chi connectivity index (χ0v) is 21.4. The van der Waals surface area contributed by atoms with Crippen molar-refractivity contribution < 1.29 is 22.7 Å². The number of imidazole rings is 1. The van der Waals surface area contributed by atoms with Crippen molar-refractivity contribution in [3.8, 4) is 11.4 Å². The van der Waals surface area contributed by atoms with Crippen LogP contribution in [0, 0.1) is 24.4 Å². The Morgan fingerprint density at radius 2 is 1.84 bits per heavy atom. The van der Waals surface area contributed by atoms with Gasteiger partial charge in [-0.25, -0.2) is 18.2 Å². The molecule has 0 N–H and O–H groups in total. The van der Waals surface area contributed by atoms with Crippen LogP contribution in [0.2, 0.25) is 0 Å². The van der Waals surface area contributed by atoms with Crippen LogP contribution in [-0.4, -0.2) is 39.5 Å². The van der Waals surface area contributed by atoms with E-state index in [0.717, 1.165) is 73.2 Å².